The van der Waals surface area contributed by atoms with E-state index in [1.165, 1.54) is 0 Å². The van der Waals surface area contributed by atoms with Crippen molar-refractivity contribution in [3.05, 3.63) is 34.5 Å². The summed E-state index contributed by atoms with van der Waals surface area (Å²) in [6.45, 7) is 2.54. The average Bonchev–Trinajstić information content (AvgIpc) is 3.16. The van der Waals surface area contributed by atoms with Gasteiger partial charge in [0, 0.05) is 30.5 Å². The minimum Gasteiger partial charge on any atom is -0.357 e. The zero-order valence-electron chi connectivity index (χ0n) is 11.6. The molecule has 0 amide bonds. The summed E-state index contributed by atoms with van der Waals surface area (Å²) in [7, 11) is 1.76. The van der Waals surface area contributed by atoms with Gasteiger partial charge in [-0.2, -0.15) is 20.1 Å². The molecule has 3 aromatic rings. The molecule has 0 saturated heterocycles. The van der Waals surface area contributed by atoms with E-state index >= 15 is 0 Å². The Morgan fingerprint density at radius 1 is 1.19 bits per heavy atom. The molecule has 0 aliphatic carbocycles. The monoisotopic (exact) mass is 302 g/mol. The molecule has 2 N–H and O–H groups in total. The molecule has 3 heterocycles. The van der Waals surface area contributed by atoms with Crippen LogP contribution in [0.2, 0.25) is 0 Å². The number of hydrogen-bond donors (Lipinski definition) is 2. The number of thiazole rings is 1. The van der Waals surface area contributed by atoms with Crippen molar-refractivity contribution in [2.75, 3.05) is 17.7 Å². The Kier molecular flexibility index (Phi) is 3.73. The molecule has 0 aliphatic heterocycles. The number of anilines is 2. The lowest BCUT2D eigenvalue weighted by atomic mass is 10.6. The summed E-state index contributed by atoms with van der Waals surface area (Å²) in [5.41, 5.74) is 1.01. The van der Waals surface area contributed by atoms with Crippen molar-refractivity contribution >= 4 is 23.2 Å². The highest BCUT2D eigenvalue weighted by molar-refractivity contribution is 7.09. The molecular weight excluding hydrogens is 288 g/mol. The molecule has 0 aliphatic rings. The fraction of sp³-hybridized carbons (Fsp3) is 0.250. The quantitative estimate of drug-likeness (QED) is 0.737. The third kappa shape index (κ3) is 3.14. The molecule has 0 saturated carbocycles. The maximum Gasteiger partial charge on any atom is 0.257 e. The van der Waals surface area contributed by atoms with Gasteiger partial charge in [0.15, 0.2) is 0 Å². The summed E-state index contributed by atoms with van der Waals surface area (Å²) in [6.07, 6.45) is 3.46. The smallest absolute Gasteiger partial charge is 0.257 e. The lowest BCUT2D eigenvalue weighted by Gasteiger charge is -2.07. The molecule has 3 rings (SSSR count). The highest BCUT2D eigenvalue weighted by Gasteiger charge is 2.08. The predicted octanol–water partition coefficient (Wildman–Crippen LogP) is 1.48. The maximum atomic E-state index is 4.39. The first-order valence-corrected chi connectivity index (χ1v) is 7.21. The molecule has 0 atom stereocenters. The largest absolute Gasteiger partial charge is 0.357 e. The number of nitrogens with zero attached hydrogens (tertiary/aromatic N) is 6. The summed E-state index contributed by atoms with van der Waals surface area (Å²) in [6, 6.07) is 1.81. The summed E-state index contributed by atoms with van der Waals surface area (Å²) < 4.78 is 1.58. The van der Waals surface area contributed by atoms with Gasteiger partial charge >= 0.3 is 0 Å². The molecule has 0 spiro atoms. The minimum absolute atomic E-state index is 0.456. The number of nitrogens with one attached hydrogen (secondary N) is 2. The van der Waals surface area contributed by atoms with Crippen LogP contribution in [0, 0.1) is 6.92 Å². The van der Waals surface area contributed by atoms with E-state index in [2.05, 4.69) is 35.7 Å². The van der Waals surface area contributed by atoms with Gasteiger partial charge < -0.3 is 10.6 Å². The second-order valence-electron chi connectivity index (χ2n) is 4.22. The van der Waals surface area contributed by atoms with E-state index in [1.54, 1.807) is 35.5 Å². The van der Waals surface area contributed by atoms with E-state index in [0.29, 0.717) is 24.4 Å². The number of rotatable bonds is 5. The lowest BCUT2D eigenvalue weighted by molar-refractivity contribution is 0.796. The normalized spacial score (nSPS) is 10.6. The van der Waals surface area contributed by atoms with Crippen LogP contribution < -0.4 is 10.6 Å². The molecule has 0 unspecified atom stereocenters. The molecule has 21 heavy (non-hydrogen) atoms. The number of aromatic nitrogens is 6. The molecule has 8 nitrogen and oxygen atoms in total. The Balaban J connectivity index is 1.82. The molecule has 0 fully saturated rings. The van der Waals surface area contributed by atoms with Crippen LogP contribution in [0.15, 0.2) is 23.8 Å². The van der Waals surface area contributed by atoms with Gasteiger partial charge in [-0.15, -0.1) is 11.3 Å². The standard InChI is InChI=1S/C12H14N8S/c1-8-7-21-9(16-8)6-14-11-17-10(13-2)18-12(19-11)20-5-3-4-15-20/h3-5,7H,6H2,1-2H3,(H2,13,14,17,18,19). The van der Waals surface area contributed by atoms with E-state index in [4.69, 9.17) is 0 Å². The van der Waals surface area contributed by atoms with Gasteiger partial charge in [0.05, 0.1) is 6.54 Å². The SMILES string of the molecule is CNc1nc(NCc2nc(C)cs2)nc(-n2cccn2)n1. The minimum atomic E-state index is 0.456. The molecule has 0 radical (unpaired) electrons. The van der Waals surface area contributed by atoms with Crippen LogP contribution in [-0.4, -0.2) is 36.8 Å². The van der Waals surface area contributed by atoms with Crippen LogP contribution in [0.5, 0.6) is 0 Å². The van der Waals surface area contributed by atoms with E-state index in [-0.39, 0.29) is 0 Å². The van der Waals surface area contributed by atoms with Crippen molar-refractivity contribution in [1.82, 2.24) is 29.7 Å². The van der Waals surface area contributed by atoms with E-state index < -0.39 is 0 Å². The third-order valence-electron chi connectivity index (χ3n) is 2.62. The van der Waals surface area contributed by atoms with Crippen LogP contribution in [0.1, 0.15) is 10.7 Å². The summed E-state index contributed by atoms with van der Waals surface area (Å²) in [4.78, 5) is 17.3. The topological polar surface area (TPSA) is 93.4 Å². The van der Waals surface area contributed by atoms with Gasteiger partial charge in [-0.3, -0.25) is 0 Å². The molecular formula is C12H14N8S. The summed E-state index contributed by atoms with van der Waals surface area (Å²) in [5, 5.41) is 13.2. The molecule has 3 aromatic heterocycles. The highest BCUT2D eigenvalue weighted by Crippen LogP contribution is 2.12. The van der Waals surface area contributed by atoms with Crippen molar-refractivity contribution in [3.8, 4) is 5.95 Å². The molecule has 0 aromatic carbocycles. The van der Waals surface area contributed by atoms with Crippen LogP contribution in [0.4, 0.5) is 11.9 Å². The Morgan fingerprint density at radius 2 is 2.05 bits per heavy atom. The van der Waals surface area contributed by atoms with Crippen LogP contribution in [-0.2, 0) is 6.54 Å². The van der Waals surface area contributed by atoms with Crippen LogP contribution >= 0.6 is 11.3 Å². The number of hydrogen-bond acceptors (Lipinski definition) is 8. The molecule has 108 valence electrons. The fourth-order valence-corrected chi connectivity index (χ4v) is 2.40. The van der Waals surface area contributed by atoms with Gasteiger partial charge in [0.2, 0.25) is 11.9 Å². The Bertz CT molecular complexity index is 721. The fourth-order valence-electron chi connectivity index (χ4n) is 1.68. The van der Waals surface area contributed by atoms with Gasteiger partial charge in [0.1, 0.15) is 5.01 Å². The zero-order valence-corrected chi connectivity index (χ0v) is 12.4. The van der Waals surface area contributed by atoms with Crippen LogP contribution in [0.25, 0.3) is 5.95 Å². The predicted molar refractivity (Wildman–Crippen MR) is 80.7 cm³/mol. The second kappa shape index (κ2) is 5.83. The zero-order chi connectivity index (χ0) is 14.7. The van der Waals surface area contributed by atoms with Crippen LogP contribution in [0.3, 0.4) is 0 Å². The first-order valence-electron chi connectivity index (χ1n) is 6.33. The summed E-state index contributed by atoms with van der Waals surface area (Å²) >= 11 is 1.60. The molecule has 0 bridgehead atoms. The lowest BCUT2D eigenvalue weighted by Crippen LogP contribution is -2.11. The maximum absolute atomic E-state index is 4.39. The van der Waals surface area contributed by atoms with Gasteiger partial charge in [0.25, 0.3) is 5.95 Å². The van der Waals surface area contributed by atoms with E-state index in [9.17, 15) is 0 Å². The van der Waals surface area contributed by atoms with Crippen molar-refractivity contribution in [2.45, 2.75) is 13.5 Å². The second-order valence-corrected chi connectivity index (χ2v) is 5.16. The summed E-state index contributed by atoms with van der Waals surface area (Å²) in [5.74, 6) is 1.41. The van der Waals surface area contributed by atoms with Crippen molar-refractivity contribution < 1.29 is 0 Å². The van der Waals surface area contributed by atoms with Gasteiger partial charge in [-0.25, -0.2) is 9.67 Å². The van der Waals surface area contributed by atoms with Crippen molar-refractivity contribution in [1.29, 1.82) is 0 Å². The highest BCUT2D eigenvalue weighted by atomic mass is 32.1. The van der Waals surface area contributed by atoms with Gasteiger partial charge in [-0.1, -0.05) is 0 Å². The van der Waals surface area contributed by atoms with E-state index in [0.717, 1.165) is 10.7 Å². The first-order chi connectivity index (χ1) is 10.2. The van der Waals surface area contributed by atoms with Gasteiger partial charge in [-0.05, 0) is 13.0 Å². The average molecular weight is 302 g/mol. The Labute approximate surface area is 125 Å². The Hall–Kier alpha value is -2.55. The molecule has 9 heteroatoms. The number of aryl methyl sites for hydroxylation is 1. The Morgan fingerprint density at radius 3 is 2.71 bits per heavy atom. The van der Waals surface area contributed by atoms with Crippen molar-refractivity contribution in [2.24, 2.45) is 0 Å². The first kappa shape index (κ1) is 13.4. The van der Waals surface area contributed by atoms with E-state index in [1.807, 2.05) is 18.4 Å². The van der Waals surface area contributed by atoms with Crippen molar-refractivity contribution in [3.63, 3.8) is 0 Å². The third-order valence-corrected chi connectivity index (χ3v) is 3.59.